The number of hydrogen-bond donors (Lipinski definition) is 9. The number of aromatic nitrogens is 6. The molecule has 0 spiro atoms. The summed E-state index contributed by atoms with van der Waals surface area (Å²) in [6.45, 7) is 8.65. The van der Waals surface area contributed by atoms with Crippen LogP contribution in [0.2, 0.25) is 0 Å². The smallest absolute Gasteiger partial charge is 0.343 e. The lowest BCUT2D eigenvalue weighted by Crippen LogP contribution is -2.52. The van der Waals surface area contributed by atoms with Crippen molar-refractivity contribution < 1.29 is 114 Å². The maximum atomic E-state index is 15.5. The van der Waals surface area contributed by atoms with E-state index in [0.717, 1.165) is 16.7 Å². The Morgan fingerprint density at radius 1 is 0.566 bits per heavy atom. The molecule has 10 rings (SSSR count). The Hall–Kier alpha value is -10.5. The summed E-state index contributed by atoms with van der Waals surface area (Å²) in [7, 11) is 0. The number of aryl methyl sites for hydroxylation is 1. The molecule has 6 heterocycles. The van der Waals surface area contributed by atoms with Gasteiger partial charge in [0.15, 0.2) is 15.9 Å². The molecule has 129 heavy (non-hydrogen) atoms. The Bertz CT molecular complexity index is 4900. The van der Waals surface area contributed by atoms with Crippen molar-refractivity contribution in [3.63, 3.8) is 0 Å². The van der Waals surface area contributed by atoms with Gasteiger partial charge in [0.2, 0.25) is 41.4 Å². The van der Waals surface area contributed by atoms with Gasteiger partial charge >= 0.3 is 5.97 Å². The number of carbonyl (C=O) groups excluding carboxylic acids is 9. The minimum Gasteiger partial charge on any atom is -0.458 e. The monoisotopic (exact) mass is 1830 g/mol. The number of halogens is 1. The highest BCUT2D eigenvalue weighted by molar-refractivity contribution is 7.98. The van der Waals surface area contributed by atoms with Gasteiger partial charge in [-0.05, 0) is 110 Å². The van der Waals surface area contributed by atoms with Crippen molar-refractivity contribution in [3.8, 4) is 33.9 Å². The van der Waals surface area contributed by atoms with Crippen LogP contribution < -0.4 is 48.1 Å². The van der Waals surface area contributed by atoms with Gasteiger partial charge in [-0.1, -0.05) is 60.8 Å². The lowest BCUT2D eigenvalue weighted by molar-refractivity contribution is -0.172. The highest BCUT2D eigenvalue weighted by Crippen LogP contribution is 2.46. The Morgan fingerprint density at radius 3 is 1.71 bits per heavy atom. The Morgan fingerprint density at radius 2 is 1.11 bits per heavy atom. The highest BCUT2D eigenvalue weighted by atomic mass is 32.2. The third kappa shape index (κ3) is 31.7. The van der Waals surface area contributed by atoms with E-state index in [1.807, 2.05) is 42.8 Å². The predicted molar refractivity (Wildman–Crippen MR) is 469 cm³/mol. The number of hydrogen-bond acceptors (Lipinski definition) is 31. The molecule has 1 aliphatic carbocycles. The van der Waals surface area contributed by atoms with Crippen molar-refractivity contribution >= 4 is 87.7 Å². The number of carbonyl (C=O) groups is 9. The zero-order valence-electron chi connectivity index (χ0n) is 72.8. The summed E-state index contributed by atoms with van der Waals surface area (Å²) in [5.41, 5.74) is 5.18. The lowest BCUT2D eigenvalue weighted by Gasteiger charge is -2.31. The van der Waals surface area contributed by atoms with Gasteiger partial charge in [0.1, 0.15) is 38.4 Å². The number of ether oxygens (including phenoxy) is 13. The maximum Gasteiger partial charge on any atom is 0.343 e. The molecule has 0 saturated carbocycles. The fourth-order valence-electron chi connectivity index (χ4n) is 14.0. The molecule has 8 amide bonds. The fraction of sp³-hybridized carbons (Fsp3) is 0.511. The molecule has 2 aliphatic heterocycles. The van der Waals surface area contributed by atoms with E-state index in [0.29, 0.717) is 236 Å². The first-order valence-corrected chi connectivity index (χ1v) is 45.1. The fourth-order valence-corrected chi connectivity index (χ4v) is 14.7. The van der Waals surface area contributed by atoms with Crippen molar-refractivity contribution in [1.82, 2.24) is 72.0 Å². The largest absolute Gasteiger partial charge is 0.458 e. The van der Waals surface area contributed by atoms with E-state index in [2.05, 4.69) is 62.5 Å². The number of benzene rings is 3. The summed E-state index contributed by atoms with van der Waals surface area (Å²) in [5.74, 6) is -5.57. The van der Waals surface area contributed by atoms with E-state index < -0.39 is 103 Å². The van der Waals surface area contributed by atoms with Gasteiger partial charge in [-0.15, -0.1) is 0 Å². The summed E-state index contributed by atoms with van der Waals surface area (Å²) >= 11 is 2.87. The minimum atomic E-state index is -2.06. The number of fused-ring (bicyclic) bond motifs is 5. The molecule has 698 valence electrons. The Balaban J connectivity index is 0.460. The summed E-state index contributed by atoms with van der Waals surface area (Å²) in [5, 5.41) is 34.5. The van der Waals surface area contributed by atoms with E-state index in [-0.39, 0.29) is 75.2 Å². The standard InChI is InChI=1S/C88H113FN14O24S2/c1-5-88(114)65-47-72-81-63(52-103(72)84(112)64(65)53-127-85(88)113)80-69(15-14-62-57(2)66(89)48-70(100-81)79(62)80)98-78(109)55-126-56-97-75(106)50-96-83(111)71(43-58-11-7-6-8-12-58)99-76(107)51-95-74(105)49-94-73(104)13-9-22-115-25-28-118-31-33-120-35-37-122-39-40-123-38-36-121-34-32-119-30-27-117-24-21-90-77(108)54-125-42-41-124-29-26-116-23-10-18-91-82(110)61-45-59(67-16-19-92-86(101-67)128-3)44-60(46-61)68-17-20-93-87(102-68)129-4/h6-8,11-12,16-17,19-20,44-48,69,71,114H,5,9-10,13-15,18,21-43,49-56H2,1-4H3,(H,90,108)(H,91,110)(H,94,104)(H,95,105)(H,96,111)(H,97,106)(H,98,109)(H,99,107)/t69-,71+,88-/m1/s1. The van der Waals surface area contributed by atoms with Crippen LogP contribution in [0.5, 0.6) is 0 Å². The van der Waals surface area contributed by atoms with Crippen LogP contribution in [0, 0.1) is 12.7 Å². The lowest BCUT2D eigenvalue weighted by atomic mass is 9.81. The molecule has 41 heteroatoms. The third-order valence-electron chi connectivity index (χ3n) is 20.6. The molecule has 0 radical (unpaired) electrons. The van der Waals surface area contributed by atoms with Crippen molar-refractivity contribution in [2.24, 2.45) is 0 Å². The zero-order chi connectivity index (χ0) is 91.5. The Labute approximate surface area is 753 Å². The van der Waals surface area contributed by atoms with Gasteiger partial charge in [-0.2, -0.15) is 0 Å². The molecular formula is C88H113FN14O24S2. The number of nitrogens with one attached hydrogen (secondary N) is 8. The van der Waals surface area contributed by atoms with Crippen molar-refractivity contribution in [3.05, 3.63) is 146 Å². The van der Waals surface area contributed by atoms with Gasteiger partial charge in [0.25, 0.3) is 11.5 Å². The molecule has 3 aliphatic rings. The first kappa shape index (κ1) is 101. The topological polar surface area (TPSA) is 477 Å². The van der Waals surface area contributed by atoms with E-state index in [1.165, 1.54) is 34.2 Å². The van der Waals surface area contributed by atoms with Gasteiger partial charge in [0.05, 0.1) is 192 Å². The van der Waals surface area contributed by atoms with Crippen LogP contribution in [0.25, 0.3) is 44.8 Å². The average Bonchev–Trinajstić information content (AvgIpc) is 1.57. The second-order valence-corrected chi connectivity index (χ2v) is 31.1. The molecule has 3 aromatic carbocycles. The summed E-state index contributed by atoms with van der Waals surface area (Å²) in [4.78, 5) is 153. The first-order chi connectivity index (χ1) is 62.7. The zero-order valence-corrected chi connectivity index (χ0v) is 74.5. The number of thioether (sulfide) groups is 2. The van der Waals surface area contributed by atoms with Crippen LogP contribution in [0.15, 0.2) is 100 Å². The molecule has 0 fully saturated rings. The van der Waals surface area contributed by atoms with Crippen LogP contribution in [0.1, 0.15) is 94.4 Å². The average molecular weight is 1830 g/mol. The number of cyclic esters (lactones) is 1. The molecule has 4 aromatic heterocycles. The predicted octanol–water partition coefficient (Wildman–Crippen LogP) is 3.05. The maximum absolute atomic E-state index is 15.5. The quantitative estimate of drug-likeness (QED) is 0.00869. The van der Waals surface area contributed by atoms with E-state index in [9.17, 15) is 53.1 Å². The summed E-state index contributed by atoms with van der Waals surface area (Å²) in [6, 6.07) is 19.0. The number of pyridine rings is 2. The van der Waals surface area contributed by atoms with Crippen LogP contribution in [0.4, 0.5) is 4.39 Å². The van der Waals surface area contributed by atoms with Crippen LogP contribution in [0.3, 0.4) is 0 Å². The Kier molecular flexibility index (Phi) is 42.3. The van der Waals surface area contributed by atoms with Crippen molar-refractivity contribution in [2.45, 2.75) is 99.9 Å². The van der Waals surface area contributed by atoms with E-state index >= 15 is 4.39 Å². The number of esters is 1. The van der Waals surface area contributed by atoms with Crippen molar-refractivity contribution in [1.29, 1.82) is 0 Å². The molecule has 0 unspecified atom stereocenters. The van der Waals surface area contributed by atoms with Crippen LogP contribution in [-0.4, -0.2) is 298 Å². The van der Waals surface area contributed by atoms with Gasteiger partial charge in [0, 0.05) is 90.8 Å². The molecule has 3 atom stereocenters. The summed E-state index contributed by atoms with van der Waals surface area (Å²) < 4.78 is 88.6. The molecule has 0 saturated heterocycles. The van der Waals surface area contributed by atoms with Crippen LogP contribution in [-0.2, 0) is 132 Å². The molecule has 0 bridgehead atoms. The molecule has 9 N–H and O–H groups in total. The van der Waals surface area contributed by atoms with Gasteiger partial charge < -0.3 is 114 Å². The third-order valence-corrected chi connectivity index (χ3v) is 21.7. The second kappa shape index (κ2) is 54.2. The molecular weight excluding hydrogens is 1720 g/mol. The second-order valence-electron chi connectivity index (χ2n) is 29.5. The summed E-state index contributed by atoms with van der Waals surface area (Å²) in [6.07, 6.45) is 8.98. The first-order valence-electron chi connectivity index (χ1n) is 42.6. The van der Waals surface area contributed by atoms with E-state index in [1.54, 1.807) is 62.6 Å². The highest BCUT2D eigenvalue weighted by Gasteiger charge is 2.46. The number of amides is 8. The van der Waals surface area contributed by atoms with Gasteiger partial charge in [-0.25, -0.2) is 34.1 Å². The number of aliphatic hydroxyl groups is 1. The number of nitrogens with zero attached hydrogens (tertiary/aromatic N) is 6. The number of rotatable bonds is 61. The SMILES string of the molecule is CC[C@]1(O)C(=O)OCc2c1cc1n(c2=O)Cc2c-1nc1cc(F)c(C)c3c1c2[C@H](NC(=O)COCNC(=O)CNC(=O)[C@H](Cc1ccccc1)NC(=O)CNC(=O)CNC(=O)CCCOCCOCCOCCOCCOCCOCCOCCOCCNC(=O)COCCOCCOCCCNC(=O)c1cc(-c2ccnc(SC)n2)cc(-c2ccnc(SC)n2)c1)CC3. The van der Waals surface area contributed by atoms with E-state index in [4.69, 9.17) is 66.6 Å². The van der Waals surface area contributed by atoms with Crippen LogP contribution >= 0.6 is 23.5 Å². The molecule has 38 nitrogen and oxygen atoms in total. The normalized spacial score (nSPS) is 14.4. The van der Waals surface area contributed by atoms with Crippen molar-refractivity contribution in [2.75, 3.05) is 204 Å². The van der Waals surface area contributed by atoms with Gasteiger partial charge in [-0.3, -0.25) is 43.2 Å². The minimum absolute atomic E-state index is 0.0284. The molecule has 7 aromatic rings.